The molecule has 0 spiro atoms. The molecule has 1 heterocycles. The second-order valence-corrected chi connectivity index (χ2v) is 6.16. The average molecular weight is 252 g/mol. The van der Waals surface area contributed by atoms with E-state index in [-0.39, 0.29) is 0 Å². The van der Waals surface area contributed by atoms with Crippen molar-refractivity contribution >= 4 is 5.91 Å². The van der Waals surface area contributed by atoms with Gasteiger partial charge in [0, 0.05) is 32.1 Å². The van der Waals surface area contributed by atoms with Crippen LogP contribution >= 0.6 is 0 Å². The number of rotatable bonds is 3. The molecule has 0 bridgehead atoms. The van der Waals surface area contributed by atoms with Gasteiger partial charge in [-0.3, -0.25) is 4.79 Å². The highest BCUT2D eigenvalue weighted by Crippen LogP contribution is 2.26. The van der Waals surface area contributed by atoms with Gasteiger partial charge in [0.05, 0.1) is 0 Å². The van der Waals surface area contributed by atoms with Crippen LogP contribution < -0.4 is 5.32 Å². The Hall–Kier alpha value is -0.570. The van der Waals surface area contributed by atoms with Gasteiger partial charge in [-0.2, -0.15) is 0 Å². The molecule has 1 saturated heterocycles. The van der Waals surface area contributed by atoms with Crippen molar-refractivity contribution in [2.24, 2.45) is 5.92 Å². The van der Waals surface area contributed by atoms with Crippen molar-refractivity contribution in [2.75, 3.05) is 13.6 Å². The molecule has 3 heteroatoms. The normalized spacial score (nSPS) is 34.4. The van der Waals surface area contributed by atoms with Gasteiger partial charge in [0.1, 0.15) is 0 Å². The zero-order chi connectivity index (χ0) is 13.0. The Kier molecular flexibility index (Phi) is 5.04. The summed E-state index contributed by atoms with van der Waals surface area (Å²) in [6.45, 7) is 3.21. The minimum Gasteiger partial charge on any atom is -0.344 e. The van der Waals surface area contributed by atoms with Crippen molar-refractivity contribution < 1.29 is 4.79 Å². The van der Waals surface area contributed by atoms with Crippen LogP contribution in [0.5, 0.6) is 0 Å². The van der Waals surface area contributed by atoms with E-state index < -0.39 is 0 Å². The Bertz CT molecular complexity index is 280. The Morgan fingerprint density at radius 1 is 1.17 bits per heavy atom. The highest BCUT2D eigenvalue weighted by atomic mass is 16.2. The second kappa shape index (κ2) is 6.55. The molecule has 3 atom stereocenters. The predicted molar refractivity (Wildman–Crippen MR) is 74.4 cm³/mol. The summed E-state index contributed by atoms with van der Waals surface area (Å²) in [4.78, 5) is 13.3. The van der Waals surface area contributed by atoms with Gasteiger partial charge in [0.25, 0.3) is 0 Å². The van der Waals surface area contributed by atoms with E-state index >= 15 is 0 Å². The molecule has 1 aliphatic heterocycles. The molecular formula is C15H28N2O. The summed E-state index contributed by atoms with van der Waals surface area (Å²) < 4.78 is 0. The average Bonchev–Trinajstić information content (AvgIpc) is 2.59. The molecule has 104 valence electrons. The molecule has 2 rings (SSSR count). The van der Waals surface area contributed by atoms with E-state index in [0.717, 1.165) is 25.3 Å². The number of likely N-dealkylation sites (N-methyl/N-ethyl adjacent to an activating group) is 1. The van der Waals surface area contributed by atoms with Gasteiger partial charge in [-0.15, -0.1) is 0 Å². The summed E-state index contributed by atoms with van der Waals surface area (Å²) in [6, 6.07) is 1.21. The first kappa shape index (κ1) is 13.9. The van der Waals surface area contributed by atoms with Gasteiger partial charge in [0.15, 0.2) is 0 Å². The van der Waals surface area contributed by atoms with Crippen LogP contribution in [0.4, 0.5) is 0 Å². The van der Waals surface area contributed by atoms with Crippen molar-refractivity contribution in [3.05, 3.63) is 0 Å². The monoisotopic (exact) mass is 252 g/mol. The molecule has 1 saturated carbocycles. The maximum Gasteiger partial charge on any atom is 0.222 e. The third-order valence-electron chi connectivity index (χ3n) is 4.76. The number of carbonyl (C=O) groups is 1. The topological polar surface area (TPSA) is 32.3 Å². The maximum absolute atomic E-state index is 11.5. The van der Waals surface area contributed by atoms with E-state index in [4.69, 9.17) is 0 Å². The molecule has 0 aromatic heterocycles. The first-order valence-corrected chi connectivity index (χ1v) is 7.69. The van der Waals surface area contributed by atoms with E-state index in [1.54, 1.807) is 0 Å². The predicted octanol–water partition coefficient (Wildman–Crippen LogP) is 2.56. The third kappa shape index (κ3) is 3.71. The zero-order valence-corrected chi connectivity index (χ0v) is 12.0. The minimum atomic E-state index is 0.306. The molecule has 2 aliphatic rings. The molecule has 1 N–H and O–H groups in total. The van der Waals surface area contributed by atoms with Crippen LogP contribution in [0, 0.1) is 5.92 Å². The van der Waals surface area contributed by atoms with Crippen LogP contribution in [-0.2, 0) is 4.79 Å². The van der Waals surface area contributed by atoms with Crippen molar-refractivity contribution in [3.63, 3.8) is 0 Å². The number of hydrogen-bond acceptors (Lipinski definition) is 2. The summed E-state index contributed by atoms with van der Waals surface area (Å²) in [5, 5.41) is 3.80. The van der Waals surface area contributed by atoms with Crippen LogP contribution in [0.25, 0.3) is 0 Å². The fourth-order valence-electron chi connectivity index (χ4n) is 3.44. The lowest BCUT2D eigenvalue weighted by Crippen LogP contribution is -2.49. The van der Waals surface area contributed by atoms with Crippen LogP contribution in [0.3, 0.4) is 0 Å². The van der Waals surface area contributed by atoms with E-state index in [2.05, 4.69) is 12.2 Å². The SMILES string of the molecule is CCC1CCCC(NC2CCC(=O)N(C)C2)CC1. The Labute approximate surface area is 111 Å². The summed E-state index contributed by atoms with van der Waals surface area (Å²) in [6.07, 6.45) is 9.91. The van der Waals surface area contributed by atoms with Gasteiger partial charge in [-0.25, -0.2) is 0 Å². The summed E-state index contributed by atoms with van der Waals surface area (Å²) in [7, 11) is 1.93. The highest BCUT2D eigenvalue weighted by molar-refractivity contribution is 5.76. The van der Waals surface area contributed by atoms with Crippen molar-refractivity contribution in [2.45, 2.75) is 70.4 Å². The Morgan fingerprint density at radius 2 is 2.00 bits per heavy atom. The number of carbonyl (C=O) groups excluding carboxylic acids is 1. The van der Waals surface area contributed by atoms with Crippen molar-refractivity contribution in [1.29, 1.82) is 0 Å². The highest BCUT2D eigenvalue weighted by Gasteiger charge is 2.25. The van der Waals surface area contributed by atoms with E-state index in [1.165, 1.54) is 38.5 Å². The molecule has 3 unspecified atom stereocenters. The van der Waals surface area contributed by atoms with Crippen molar-refractivity contribution in [1.82, 2.24) is 10.2 Å². The number of nitrogens with zero attached hydrogens (tertiary/aromatic N) is 1. The standard InChI is InChI=1S/C15H28N2O/c1-3-12-5-4-6-13(8-7-12)16-14-9-10-15(18)17(2)11-14/h12-14,16H,3-11H2,1-2H3. The third-order valence-corrected chi connectivity index (χ3v) is 4.76. The molecule has 18 heavy (non-hydrogen) atoms. The van der Waals surface area contributed by atoms with E-state index in [1.807, 2.05) is 11.9 Å². The van der Waals surface area contributed by atoms with Gasteiger partial charge in [-0.05, 0) is 31.6 Å². The quantitative estimate of drug-likeness (QED) is 0.783. The van der Waals surface area contributed by atoms with E-state index in [0.29, 0.717) is 18.0 Å². The number of nitrogens with one attached hydrogen (secondary N) is 1. The Morgan fingerprint density at radius 3 is 2.72 bits per heavy atom. The van der Waals surface area contributed by atoms with Crippen LogP contribution in [0.15, 0.2) is 0 Å². The number of hydrogen-bond donors (Lipinski definition) is 1. The lowest BCUT2D eigenvalue weighted by atomic mass is 9.97. The Balaban J connectivity index is 1.77. The fraction of sp³-hybridized carbons (Fsp3) is 0.933. The summed E-state index contributed by atoms with van der Waals surface area (Å²) in [5.74, 6) is 1.26. The number of amides is 1. The first-order valence-electron chi connectivity index (χ1n) is 7.69. The lowest BCUT2D eigenvalue weighted by molar-refractivity contribution is -0.132. The smallest absolute Gasteiger partial charge is 0.222 e. The van der Waals surface area contributed by atoms with Crippen LogP contribution in [0.1, 0.15) is 58.3 Å². The van der Waals surface area contributed by atoms with E-state index in [9.17, 15) is 4.79 Å². The summed E-state index contributed by atoms with van der Waals surface area (Å²) >= 11 is 0. The zero-order valence-electron chi connectivity index (χ0n) is 12.0. The molecule has 0 radical (unpaired) electrons. The van der Waals surface area contributed by atoms with Gasteiger partial charge in [0.2, 0.25) is 5.91 Å². The van der Waals surface area contributed by atoms with Gasteiger partial charge in [-0.1, -0.05) is 26.2 Å². The largest absolute Gasteiger partial charge is 0.344 e. The maximum atomic E-state index is 11.5. The number of likely N-dealkylation sites (tertiary alicyclic amines) is 1. The first-order chi connectivity index (χ1) is 8.69. The van der Waals surface area contributed by atoms with Gasteiger partial charge < -0.3 is 10.2 Å². The van der Waals surface area contributed by atoms with Crippen LogP contribution in [0.2, 0.25) is 0 Å². The second-order valence-electron chi connectivity index (χ2n) is 6.16. The molecule has 0 aromatic carbocycles. The molecule has 1 amide bonds. The summed E-state index contributed by atoms with van der Waals surface area (Å²) in [5.41, 5.74) is 0. The molecule has 0 aromatic rings. The van der Waals surface area contributed by atoms with Crippen LogP contribution in [-0.4, -0.2) is 36.5 Å². The number of piperidine rings is 1. The molecule has 1 aliphatic carbocycles. The molecule has 3 nitrogen and oxygen atoms in total. The lowest BCUT2D eigenvalue weighted by Gasteiger charge is -2.33. The van der Waals surface area contributed by atoms with Gasteiger partial charge >= 0.3 is 0 Å². The molecule has 2 fully saturated rings. The molecular weight excluding hydrogens is 224 g/mol. The minimum absolute atomic E-state index is 0.306. The van der Waals surface area contributed by atoms with Crippen molar-refractivity contribution in [3.8, 4) is 0 Å². The fourth-order valence-corrected chi connectivity index (χ4v) is 3.44.